The van der Waals surface area contributed by atoms with E-state index < -0.39 is 0 Å². The monoisotopic (exact) mass is 306 g/mol. The van der Waals surface area contributed by atoms with E-state index in [1.165, 1.54) is 6.07 Å². The van der Waals surface area contributed by atoms with Crippen LogP contribution in [-0.2, 0) is 16.1 Å². The first-order valence-electron chi connectivity index (χ1n) is 6.31. The molecule has 3 N–H and O–H groups in total. The van der Waals surface area contributed by atoms with Gasteiger partial charge in [0.15, 0.2) is 5.78 Å². The molecule has 0 saturated heterocycles. The summed E-state index contributed by atoms with van der Waals surface area (Å²) in [4.78, 5) is 19.3. The number of hydrogen-bond donors (Lipinski definition) is 2. The van der Waals surface area contributed by atoms with E-state index in [0.29, 0.717) is 12.4 Å². The standard InChI is InChI=1S/C14H15ClN4O2/c15-12-6-13(19-14(16)18-12)17-7-11(20)9-21-8-10-4-2-1-3-5-10/h1-6H,7-9H2,(H3,16,17,18,19). The van der Waals surface area contributed by atoms with Gasteiger partial charge in [0.2, 0.25) is 5.95 Å². The second-order valence-electron chi connectivity index (χ2n) is 4.30. The lowest BCUT2D eigenvalue weighted by Crippen LogP contribution is -2.19. The Hall–Kier alpha value is -2.18. The minimum Gasteiger partial charge on any atom is -0.369 e. The van der Waals surface area contributed by atoms with E-state index in [2.05, 4.69) is 15.3 Å². The molecular formula is C14H15ClN4O2. The number of aromatic nitrogens is 2. The molecule has 0 aliphatic carbocycles. The summed E-state index contributed by atoms with van der Waals surface area (Å²) >= 11 is 5.74. The zero-order chi connectivity index (χ0) is 15.1. The molecule has 0 amide bonds. The molecule has 0 aliphatic heterocycles. The lowest BCUT2D eigenvalue weighted by molar-refractivity contribution is -0.122. The van der Waals surface area contributed by atoms with E-state index in [1.807, 2.05) is 30.3 Å². The van der Waals surface area contributed by atoms with Gasteiger partial charge < -0.3 is 15.8 Å². The van der Waals surface area contributed by atoms with E-state index >= 15 is 0 Å². The van der Waals surface area contributed by atoms with Crippen LogP contribution in [0.15, 0.2) is 36.4 Å². The molecule has 2 aromatic rings. The number of nitrogens with zero attached hydrogens (tertiary/aromatic N) is 2. The van der Waals surface area contributed by atoms with Crippen LogP contribution >= 0.6 is 11.6 Å². The van der Waals surface area contributed by atoms with Crippen molar-refractivity contribution < 1.29 is 9.53 Å². The Morgan fingerprint density at radius 3 is 2.76 bits per heavy atom. The number of Topliss-reactive ketones (excluding diaryl/α,β-unsaturated/α-hetero) is 1. The number of rotatable bonds is 7. The third-order valence-electron chi connectivity index (χ3n) is 2.55. The molecule has 0 radical (unpaired) electrons. The first-order valence-corrected chi connectivity index (χ1v) is 6.68. The lowest BCUT2D eigenvalue weighted by atomic mass is 10.2. The normalized spacial score (nSPS) is 10.3. The molecule has 21 heavy (non-hydrogen) atoms. The van der Waals surface area contributed by atoms with Crippen molar-refractivity contribution in [3.8, 4) is 0 Å². The molecule has 0 saturated carbocycles. The van der Waals surface area contributed by atoms with Crippen molar-refractivity contribution >= 4 is 29.2 Å². The molecule has 1 aromatic heterocycles. The van der Waals surface area contributed by atoms with Crippen LogP contribution in [-0.4, -0.2) is 28.9 Å². The van der Waals surface area contributed by atoms with Gasteiger partial charge in [0, 0.05) is 6.07 Å². The number of nitrogens with two attached hydrogens (primary N) is 1. The number of nitrogens with one attached hydrogen (secondary N) is 1. The summed E-state index contributed by atoms with van der Waals surface area (Å²) in [6, 6.07) is 11.1. The number of ketones is 1. The van der Waals surface area contributed by atoms with Crippen molar-refractivity contribution in [2.75, 3.05) is 24.2 Å². The average molecular weight is 307 g/mol. The molecule has 0 aliphatic rings. The number of benzene rings is 1. The second kappa shape index (κ2) is 7.56. The Labute approximate surface area is 127 Å². The number of hydrogen-bond acceptors (Lipinski definition) is 6. The van der Waals surface area contributed by atoms with E-state index in [-0.39, 0.29) is 30.0 Å². The SMILES string of the molecule is Nc1nc(Cl)cc(NCC(=O)COCc2ccccc2)n1. The van der Waals surface area contributed by atoms with Gasteiger partial charge in [0.1, 0.15) is 17.6 Å². The highest BCUT2D eigenvalue weighted by molar-refractivity contribution is 6.29. The number of ether oxygens (including phenoxy) is 1. The third kappa shape index (κ3) is 5.37. The Kier molecular flexibility index (Phi) is 5.48. The summed E-state index contributed by atoms with van der Waals surface area (Å²) in [5.74, 6) is 0.362. The first-order chi connectivity index (χ1) is 10.1. The number of anilines is 2. The van der Waals surface area contributed by atoms with Crippen LogP contribution in [0.3, 0.4) is 0 Å². The quantitative estimate of drug-likeness (QED) is 0.759. The molecule has 0 atom stereocenters. The fourth-order valence-corrected chi connectivity index (χ4v) is 1.81. The van der Waals surface area contributed by atoms with E-state index in [1.54, 1.807) is 0 Å². The number of halogens is 1. The number of nitrogen functional groups attached to an aromatic ring is 1. The van der Waals surface area contributed by atoms with Crippen LogP contribution < -0.4 is 11.1 Å². The first kappa shape index (κ1) is 15.2. The summed E-state index contributed by atoms with van der Waals surface area (Å²) in [6.45, 7) is 0.511. The van der Waals surface area contributed by atoms with Crippen LogP contribution in [0.1, 0.15) is 5.56 Å². The summed E-state index contributed by atoms with van der Waals surface area (Å²) < 4.78 is 5.34. The number of carbonyl (C=O) groups is 1. The zero-order valence-corrected chi connectivity index (χ0v) is 12.0. The van der Waals surface area contributed by atoms with Gasteiger partial charge in [-0.2, -0.15) is 4.98 Å². The van der Waals surface area contributed by atoms with E-state index in [0.717, 1.165) is 5.56 Å². The van der Waals surface area contributed by atoms with E-state index in [4.69, 9.17) is 22.1 Å². The summed E-state index contributed by atoms with van der Waals surface area (Å²) in [7, 11) is 0. The van der Waals surface area contributed by atoms with Crippen molar-refractivity contribution in [3.05, 3.63) is 47.1 Å². The predicted octanol–water partition coefficient (Wildman–Crippen LogP) is 1.91. The van der Waals surface area contributed by atoms with Crippen molar-refractivity contribution in [3.63, 3.8) is 0 Å². The molecule has 0 unspecified atom stereocenters. The molecule has 2 rings (SSSR count). The molecule has 0 fully saturated rings. The molecule has 6 nitrogen and oxygen atoms in total. The smallest absolute Gasteiger partial charge is 0.223 e. The highest BCUT2D eigenvalue weighted by Gasteiger charge is 2.05. The van der Waals surface area contributed by atoms with Crippen LogP contribution in [0.5, 0.6) is 0 Å². The Balaban J connectivity index is 1.72. The van der Waals surface area contributed by atoms with Crippen molar-refractivity contribution in [2.45, 2.75) is 6.61 Å². The molecule has 0 spiro atoms. The largest absolute Gasteiger partial charge is 0.369 e. The lowest BCUT2D eigenvalue weighted by Gasteiger charge is -2.07. The molecule has 1 aromatic carbocycles. The van der Waals surface area contributed by atoms with Gasteiger partial charge in [-0.15, -0.1) is 0 Å². The number of carbonyl (C=O) groups excluding carboxylic acids is 1. The van der Waals surface area contributed by atoms with Crippen LogP contribution in [0.2, 0.25) is 5.15 Å². The maximum absolute atomic E-state index is 11.7. The summed E-state index contributed by atoms with van der Waals surface area (Å²) in [5, 5.41) is 3.05. The van der Waals surface area contributed by atoms with Crippen molar-refractivity contribution in [1.82, 2.24) is 9.97 Å². The van der Waals surface area contributed by atoms with E-state index in [9.17, 15) is 4.79 Å². The third-order valence-corrected chi connectivity index (χ3v) is 2.75. The fourth-order valence-electron chi connectivity index (χ4n) is 1.62. The van der Waals surface area contributed by atoms with Gasteiger partial charge in [-0.3, -0.25) is 4.79 Å². The van der Waals surface area contributed by atoms with Gasteiger partial charge in [-0.25, -0.2) is 4.98 Å². The Morgan fingerprint density at radius 2 is 2.05 bits per heavy atom. The maximum Gasteiger partial charge on any atom is 0.223 e. The molecule has 110 valence electrons. The molecule has 1 heterocycles. The molecular weight excluding hydrogens is 292 g/mol. The highest BCUT2D eigenvalue weighted by atomic mass is 35.5. The van der Waals surface area contributed by atoms with Gasteiger partial charge in [-0.1, -0.05) is 41.9 Å². The van der Waals surface area contributed by atoms with Crippen LogP contribution in [0.25, 0.3) is 0 Å². The summed E-state index contributed by atoms with van der Waals surface area (Å²) in [5.41, 5.74) is 6.48. The minimum absolute atomic E-state index is 0.0240. The zero-order valence-electron chi connectivity index (χ0n) is 11.3. The molecule has 7 heteroatoms. The summed E-state index contributed by atoms with van der Waals surface area (Å²) in [6.07, 6.45) is 0. The average Bonchev–Trinajstić information content (AvgIpc) is 2.45. The van der Waals surface area contributed by atoms with Gasteiger partial charge in [0.25, 0.3) is 0 Å². The van der Waals surface area contributed by atoms with Gasteiger partial charge >= 0.3 is 0 Å². The van der Waals surface area contributed by atoms with Crippen LogP contribution in [0.4, 0.5) is 11.8 Å². The molecule has 0 bridgehead atoms. The fraction of sp³-hybridized carbons (Fsp3) is 0.214. The Bertz CT molecular complexity index is 587. The van der Waals surface area contributed by atoms with Gasteiger partial charge in [0.05, 0.1) is 13.2 Å². The van der Waals surface area contributed by atoms with Crippen molar-refractivity contribution in [2.24, 2.45) is 0 Å². The Morgan fingerprint density at radius 1 is 1.29 bits per heavy atom. The van der Waals surface area contributed by atoms with Crippen LogP contribution in [0, 0.1) is 0 Å². The minimum atomic E-state index is -0.0979. The topological polar surface area (TPSA) is 90.1 Å². The second-order valence-corrected chi connectivity index (χ2v) is 4.69. The highest BCUT2D eigenvalue weighted by Crippen LogP contribution is 2.11. The maximum atomic E-state index is 11.7. The predicted molar refractivity (Wildman–Crippen MR) is 81.0 cm³/mol. The van der Waals surface area contributed by atoms with Crippen molar-refractivity contribution in [1.29, 1.82) is 0 Å². The van der Waals surface area contributed by atoms with Gasteiger partial charge in [-0.05, 0) is 5.56 Å².